The number of ether oxygens (including phenoxy) is 1. The Kier molecular flexibility index (Phi) is 4.96. The van der Waals surface area contributed by atoms with E-state index in [2.05, 4.69) is 17.4 Å². The molecule has 0 radical (unpaired) electrons. The van der Waals surface area contributed by atoms with Crippen molar-refractivity contribution < 1.29 is 19.1 Å². The molecule has 0 saturated carbocycles. The summed E-state index contributed by atoms with van der Waals surface area (Å²) in [7, 11) is 1.69. The average molecular weight is 378 g/mol. The third kappa shape index (κ3) is 3.43. The van der Waals surface area contributed by atoms with Gasteiger partial charge in [-0.2, -0.15) is 0 Å². The Morgan fingerprint density at radius 3 is 2.71 bits per heavy atom. The number of imide groups is 1. The molecule has 1 fully saturated rings. The fourth-order valence-electron chi connectivity index (χ4n) is 3.88. The van der Waals surface area contributed by atoms with E-state index in [-0.39, 0.29) is 24.1 Å². The van der Waals surface area contributed by atoms with Gasteiger partial charge in [0.25, 0.3) is 5.91 Å². The molecule has 1 N–H and O–H groups in total. The molecule has 2 heterocycles. The monoisotopic (exact) mass is 378 g/mol. The van der Waals surface area contributed by atoms with E-state index in [0.717, 1.165) is 23.1 Å². The SMILES string of the molecule is COCCc1cccc(-c2ccc3c(c2)CN(C2CCC(=O)NC2=O)C3=O)c1. The molecular formula is C22H22N2O4. The Hall–Kier alpha value is -2.99. The number of hydrogen-bond donors (Lipinski definition) is 1. The summed E-state index contributed by atoms with van der Waals surface area (Å²) in [6, 6.07) is 13.5. The van der Waals surface area contributed by atoms with Crippen LogP contribution in [0.25, 0.3) is 11.1 Å². The zero-order valence-electron chi connectivity index (χ0n) is 15.7. The Morgan fingerprint density at radius 1 is 1.11 bits per heavy atom. The van der Waals surface area contributed by atoms with Crippen LogP contribution in [0.15, 0.2) is 42.5 Å². The average Bonchev–Trinajstić information content (AvgIpc) is 3.02. The van der Waals surface area contributed by atoms with Crippen LogP contribution in [0.5, 0.6) is 0 Å². The van der Waals surface area contributed by atoms with E-state index in [9.17, 15) is 14.4 Å². The zero-order valence-corrected chi connectivity index (χ0v) is 15.7. The molecule has 0 aromatic heterocycles. The first kappa shape index (κ1) is 18.4. The van der Waals surface area contributed by atoms with Gasteiger partial charge in [0.2, 0.25) is 11.8 Å². The van der Waals surface area contributed by atoms with Crippen molar-refractivity contribution in [1.82, 2.24) is 10.2 Å². The number of piperidine rings is 1. The van der Waals surface area contributed by atoms with E-state index in [0.29, 0.717) is 25.1 Å². The Morgan fingerprint density at radius 2 is 1.93 bits per heavy atom. The van der Waals surface area contributed by atoms with Crippen molar-refractivity contribution in [2.45, 2.75) is 31.8 Å². The lowest BCUT2D eigenvalue weighted by atomic mass is 9.98. The van der Waals surface area contributed by atoms with E-state index >= 15 is 0 Å². The minimum atomic E-state index is -0.585. The summed E-state index contributed by atoms with van der Waals surface area (Å²) >= 11 is 0. The minimum Gasteiger partial charge on any atom is -0.384 e. The predicted molar refractivity (Wildman–Crippen MR) is 104 cm³/mol. The second-order valence-corrected chi connectivity index (χ2v) is 7.22. The largest absolute Gasteiger partial charge is 0.384 e. The number of amides is 3. The quantitative estimate of drug-likeness (QED) is 0.810. The molecule has 1 unspecified atom stereocenters. The van der Waals surface area contributed by atoms with Crippen molar-refractivity contribution in [2.75, 3.05) is 13.7 Å². The number of nitrogens with one attached hydrogen (secondary N) is 1. The van der Waals surface area contributed by atoms with E-state index < -0.39 is 6.04 Å². The summed E-state index contributed by atoms with van der Waals surface area (Å²) < 4.78 is 5.15. The number of methoxy groups -OCH3 is 1. The predicted octanol–water partition coefficient (Wildman–Crippen LogP) is 2.30. The third-order valence-electron chi connectivity index (χ3n) is 5.38. The van der Waals surface area contributed by atoms with E-state index in [1.165, 1.54) is 5.56 Å². The van der Waals surface area contributed by atoms with Crippen LogP contribution in [0.2, 0.25) is 0 Å². The van der Waals surface area contributed by atoms with Crippen LogP contribution in [0.4, 0.5) is 0 Å². The number of rotatable bonds is 5. The standard InChI is InChI=1S/C22H22N2O4/c1-28-10-9-14-3-2-4-15(11-14)16-5-6-18-17(12-16)13-24(22(18)27)19-7-8-20(25)23-21(19)26/h2-6,11-12,19H,7-10,13H2,1H3,(H,23,25,26). The van der Waals surface area contributed by atoms with Gasteiger partial charge in [0.05, 0.1) is 6.61 Å². The Bertz CT molecular complexity index is 953. The molecule has 4 rings (SSSR count). The topological polar surface area (TPSA) is 75.7 Å². The van der Waals surface area contributed by atoms with Crippen molar-refractivity contribution >= 4 is 17.7 Å². The van der Waals surface area contributed by atoms with Crippen LogP contribution in [-0.2, 0) is 27.3 Å². The molecule has 0 bridgehead atoms. The molecule has 6 nitrogen and oxygen atoms in total. The highest BCUT2D eigenvalue weighted by molar-refractivity contribution is 6.05. The smallest absolute Gasteiger partial charge is 0.255 e. The van der Waals surface area contributed by atoms with Crippen LogP contribution >= 0.6 is 0 Å². The first-order valence-corrected chi connectivity index (χ1v) is 9.42. The highest BCUT2D eigenvalue weighted by Crippen LogP contribution is 2.31. The van der Waals surface area contributed by atoms with Gasteiger partial charge in [-0.3, -0.25) is 19.7 Å². The number of carbonyl (C=O) groups is 3. The maximum atomic E-state index is 12.8. The van der Waals surface area contributed by atoms with Crippen LogP contribution in [0.3, 0.4) is 0 Å². The highest BCUT2D eigenvalue weighted by Gasteiger charge is 2.39. The van der Waals surface area contributed by atoms with Crippen molar-refractivity contribution in [3.63, 3.8) is 0 Å². The summed E-state index contributed by atoms with van der Waals surface area (Å²) in [6.45, 7) is 1.06. The number of carbonyl (C=O) groups excluding carboxylic acids is 3. The molecule has 0 spiro atoms. The molecule has 0 aliphatic carbocycles. The van der Waals surface area contributed by atoms with Crippen molar-refractivity contribution in [2.24, 2.45) is 0 Å². The highest BCUT2D eigenvalue weighted by atomic mass is 16.5. The zero-order chi connectivity index (χ0) is 19.7. The summed E-state index contributed by atoms with van der Waals surface area (Å²) in [4.78, 5) is 37.9. The van der Waals surface area contributed by atoms with Crippen LogP contribution < -0.4 is 5.32 Å². The molecule has 1 saturated heterocycles. The van der Waals surface area contributed by atoms with Crippen LogP contribution in [-0.4, -0.2) is 42.4 Å². The van der Waals surface area contributed by atoms with Crippen LogP contribution in [0, 0.1) is 0 Å². The van der Waals surface area contributed by atoms with E-state index in [1.807, 2.05) is 30.3 Å². The van der Waals surface area contributed by atoms with Crippen molar-refractivity contribution in [3.05, 3.63) is 59.2 Å². The summed E-state index contributed by atoms with van der Waals surface area (Å²) in [5, 5.41) is 2.33. The minimum absolute atomic E-state index is 0.148. The van der Waals surface area contributed by atoms with Gasteiger partial charge < -0.3 is 9.64 Å². The number of hydrogen-bond acceptors (Lipinski definition) is 4. The summed E-state index contributed by atoms with van der Waals surface area (Å²) in [5.41, 5.74) is 4.86. The molecule has 2 aromatic carbocycles. The lowest BCUT2D eigenvalue weighted by Gasteiger charge is -2.29. The summed E-state index contributed by atoms with van der Waals surface area (Å²) in [5.74, 6) is -0.811. The van der Waals surface area contributed by atoms with E-state index in [4.69, 9.17) is 4.74 Å². The number of fused-ring (bicyclic) bond motifs is 1. The van der Waals surface area contributed by atoms with Gasteiger partial charge in [-0.05, 0) is 47.2 Å². The fourth-order valence-corrected chi connectivity index (χ4v) is 3.88. The third-order valence-corrected chi connectivity index (χ3v) is 5.38. The van der Waals surface area contributed by atoms with Gasteiger partial charge in [0.15, 0.2) is 0 Å². The first-order chi connectivity index (χ1) is 13.6. The van der Waals surface area contributed by atoms with E-state index in [1.54, 1.807) is 12.0 Å². The maximum absolute atomic E-state index is 12.8. The van der Waals surface area contributed by atoms with Gasteiger partial charge in [-0.25, -0.2) is 0 Å². The van der Waals surface area contributed by atoms with Gasteiger partial charge in [-0.1, -0.05) is 30.3 Å². The molecule has 2 aliphatic heterocycles. The maximum Gasteiger partial charge on any atom is 0.255 e. The second-order valence-electron chi connectivity index (χ2n) is 7.22. The van der Waals surface area contributed by atoms with Gasteiger partial charge >= 0.3 is 0 Å². The first-order valence-electron chi connectivity index (χ1n) is 9.42. The molecule has 144 valence electrons. The normalized spacial score (nSPS) is 19.0. The molecule has 3 amide bonds. The lowest BCUT2D eigenvalue weighted by Crippen LogP contribution is -2.52. The number of nitrogens with zero attached hydrogens (tertiary/aromatic N) is 1. The molecule has 1 atom stereocenters. The molecular weight excluding hydrogens is 356 g/mol. The molecule has 6 heteroatoms. The number of benzene rings is 2. The fraction of sp³-hybridized carbons (Fsp3) is 0.318. The van der Waals surface area contributed by atoms with Gasteiger partial charge in [0.1, 0.15) is 6.04 Å². The summed E-state index contributed by atoms with van der Waals surface area (Å²) in [6.07, 6.45) is 1.48. The Balaban J connectivity index is 1.57. The van der Waals surface area contributed by atoms with Gasteiger partial charge in [0, 0.05) is 25.6 Å². The van der Waals surface area contributed by atoms with Crippen LogP contribution in [0.1, 0.15) is 34.3 Å². The molecule has 2 aromatic rings. The lowest BCUT2D eigenvalue weighted by molar-refractivity contribution is -0.136. The Labute approximate surface area is 163 Å². The van der Waals surface area contributed by atoms with Crippen molar-refractivity contribution in [1.29, 1.82) is 0 Å². The van der Waals surface area contributed by atoms with Gasteiger partial charge in [-0.15, -0.1) is 0 Å². The molecule has 2 aliphatic rings. The second kappa shape index (κ2) is 7.56. The molecule has 28 heavy (non-hydrogen) atoms. The van der Waals surface area contributed by atoms with Crippen molar-refractivity contribution in [3.8, 4) is 11.1 Å².